The van der Waals surface area contributed by atoms with Crippen LogP contribution in [0.25, 0.3) is 0 Å². The first-order valence-corrected chi connectivity index (χ1v) is 12.6. The van der Waals surface area contributed by atoms with E-state index in [4.69, 9.17) is 14.2 Å². The second-order valence-corrected chi connectivity index (χ2v) is 10.3. The van der Waals surface area contributed by atoms with Crippen molar-refractivity contribution in [1.29, 1.82) is 0 Å². The van der Waals surface area contributed by atoms with Gasteiger partial charge in [0.25, 0.3) is 5.91 Å². The van der Waals surface area contributed by atoms with Gasteiger partial charge in [0, 0.05) is 24.7 Å². The van der Waals surface area contributed by atoms with Crippen LogP contribution in [0.3, 0.4) is 0 Å². The average Bonchev–Trinajstić information content (AvgIpc) is 3.49. The van der Waals surface area contributed by atoms with Gasteiger partial charge in [-0.3, -0.25) is 9.59 Å². The second-order valence-electron chi connectivity index (χ2n) is 8.40. The molecule has 3 heterocycles. The third kappa shape index (κ3) is 4.73. The molecule has 11 nitrogen and oxygen atoms in total. The monoisotopic (exact) mass is 492 g/mol. The van der Waals surface area contributed by atoms with Crippen molar-refractivity contribution >= 4 is 27.7 Å². The molecule has 0 saturated carbocycles. The Labute approximate surface area is 198 Å². The van der Waals surface area contributed by atoms with E-state index in [9.17, 15) is 18.0 Å². The van der Waals surface area contributed by atoms with Crippen LogP contribution in [0.5, 0.6) is 11.5 Å². The summed E-state index contributed by atoms with van der Waals surface area (Å²) in [6.07, 6.45) is 1.24. The van der Waals surface area contributed by atoms with Gasteiger partial charge in [0.15, 0.2) is 17.6 Å². The van der Waals surface area contributed by atoms with Crippen LogP contribution in [0.15, 0.2) is 35.4 Å². The molecule has 0 aliphatic carbocycles. The minimum Gasteiger partial charge on any atom is -0.486 e. The molecule has 1 aromatic heterocycles. The summed E-state index contributed by atoms with van der Waals surface area (Å²) < 4.78 is 45.7. The molecular weight excluding hydrogens is 464 g/mol. The van der Waals surface area contributed by atoms with Crippen LogP contribution in [-0.4, -0.2) is 66.3 Å². The quantitative estimate of drug-likeness (QED) is 0.581. The largest absolute Gasteiger partial charge is 0.486 e. The van der Waals surface area contributed by atoms with Gasteiger partial charge in [-0.1, -0.05) is 0 Å². The normalized spacial score (nSPS) is 19.1. The summed E-state index contributed by atoms with van der Waals surface area (Å²) in [7, 11) is -3.99. The smallest absolute Gasteiger partial charge is 0.325 e. The van der Waals surface area contributed by atoms with Crippen molar-refractivity contribution in [2.24, 2.45) is 0 Å². The molecule has 12 heteroatoms. The lowest BCUT2D eigenvalue weighted by Gasteiger charge is -2.25. The van der Waals surface area contributed by atoms with Gasteiger partial charge in [-0.25, -0.2) is 13.1 Å². The van der Waals surface area contributed by atoms with Crippen LogP contribution in [0.1, 0.15) is 39.7 Å². The molecular formula is C22H28N4O7S. The molecule has 2 aromatic rings. The van der Waals surface area contributed by atoms with E-state index in [1.165, 1.54) is 19.1 Å². The predicted octanol–water partition coefficient (Wildman–Crippen LogP) is 1.96. The summed E-state index contributed by atoms with van der Waals surface area (Å²) in [5.74, 6) is -0.00184. The number of nitrogens with one attached hydrogen (secondary N) is 1. The molecule has 0 radical (unpaired) electrons. The second kappa shape index (κ2) is 9.63. The molecule has 2 aliphatic rings. The fourth-order valence-electron chi connectivity index (χ4n) is 3.94. The van der Waals surface area contributed by atoms with E-state index in [-0.39, 0.29) is 17.5 Å². The first-order valence-electron chi connectivity index (χ1n) is 11.1. The number of sulfonamides is 1. The summed E-state index contributed by atoms with van der Waals surface area (Å²) in [5.41, 5.74) is 0. The van der Waals surface area contributed by atoms with Crippen LogP contribution in [0.2, 0.25) is 0 Å². The number of hydrogen-bond donors (Lipinski definition) is 1. The number of carbonyl (C=O) groups is 2. The van der Waals surface area contributed by atoms with Crippen LogP contribution < -0.4 is 14.8 Å². The molecule has 1 saturated heterocycles. The maximum absolute atomic E-state index is 13.3. The predicted molar refractivity (Wildman–Crippen MR) is 121 cm³/mol. The average molecular weight is 493 g/mol. The number of carbonyl (C=O) groups excluding carboxylic acids is 2. The van der Waals surface area contributed by atoms with Crippen LogP contribution >= 0.6 is 0 Å². The molecule has 1 N–H and O–H groups in total. The van der Waals surface area contributed by atoms with E-state index in [2.05, 4.69) is 10.4 Å². The molecule has 1 amide bonds. The van der Waals surface area contributed by atoms with E-state index in [1.54, 1.807) is 23.0 Å². The van der Waals surface area contributed by atoms with Gasteiger partial charge in [-0.2, -0.15) is 9.40 Å². The van der Waals surface area contributed by atoms with Gasteiger partial charge in [0.2, 0.25) is 10.0 Å². The number of benzene rings is 1. The highest BCUT2D eigenvalue weighted by Gasteiger charge is 2.41. The Bertz CT molecular complexity index is 1180. The fourth-order valence-corrected chi connectivity index (χ4v) is 5.60. The van der Waals surface area contributed by atoms with E-state index in [1.807, 2.05) is 13.8 Å². The number of nitrogens with zero attached hydrogens (tertiary/aromatic N) is 3. The lowest BCUT2D eigenvalue weighted by molar-refractivity contribution is -0.156. The molecule has 2 atom stereocenters. The summed E-state index contributed by atoms with van der Waals surface area (Å²) in [4.78, 5) is 25.5. The van der Waals surface area contributed by atoms with E-state index < -0.39 is 34.0 Å². The van der Waals surface area contributed by atoms with Gasteiger partial charge in [0.05, 0.1) is 11.1 Å². The molecule has 2 unspecified atom stereocenters. The lowest BCUT2D eigenvalue weighted by Crippen LogP contribution is -2.43. The Morgan fingerprint density at radius 2 is 1.88 bits per heavy atom. The van der Waals surface area contributed by atoms with Gasteiger partial charge in [-0.05, 0) is 45.7 Å². The summed E-state index contributed by atoms with van der Waals surface area (Å²) in [6.45, 7) is 6.17. The number of fused-ring (bicyclic) bond motifs is 1. The number of aromatic nitrogens is 2. The molecule has 184 valence electrons. The highest BCUT2D eigenvalue weighted by Crippen LogP contribution is 2.35. The topological polar surface area (TPSA) is 129 Å². The fraction of sp³-hybridized carbons (Fsp3) is 0.500. The van der Waals surface area contributed by atoms with Crippen molar-refractivity contribution in [3.63, 3.8) is 0 Å². The molecule has 4 rings (SSSR count). The Morgan fingerprint density at radius 1 is 1.15 bits per heavy atom. The highest BCUT2D eigenvalue weighted by atomic mass is 32.2. The molecule has 0 bridgehead atoms. The van der Waals surface area contributed by atoms with Crippen LogP contribution in [-0.2, 0) is 24.3 Å². The van der Waals surface area contributed by atoms with Crippen molar-refractivity contribution in [3.8, 4) is 11.5 Å². The van der Waals surface area contributed by atoms with Crippen molar-refractivity contribution in [3.05, 3.63) is 30.5 Å². The third-order valence-corrected chi connectivity index (χ3v) is 7.57. The van der Waals surface area contributed by atoms with Crippen molar-refractivity contribution < 1.29 is 32.2 Å². The van der Waals surface area contributed by atoms with E-state index in [0.29, 0.717) is 43.4 Å². The molecule has 1 fully saturated rings. The Hall–Kier alpha value is -3.12. The molecule has 1 aromatic carbocycles. The van der Waals surface area contributed by atoms with Crippen LogP contribution in [0.4, 0.5) is 5.82 Å². The van der Waals surface area contributed by atoms with Gasteiger partial charge in [0.1, 0.15) is 25.1 Å². The lowest BCUT2D eigenvalue weighted by atomic mass is 10.2. The van der Waals surface area contributed by atoms with E-state index in [0.717, 1.165) is 4.31 Å². The molecule has 34 heavy (non-hydrogen) atoms. The summed E-state index contributed by atoms with van der Waals surface area (Å²) in [6, 6.07) is 5.02. The minimum absolute atomic E-state index is 0.00388. The van der Waals surface area contributed by atoms with Crippen molar-refractivity contribution in [2.75, 3.05) is 25.1 Å². The minimum atomic E-state index is -3.99. The standard InChI is InChI=1S/C22H28N4O7S/c1-14(2)26-20(8-9-23-26)24-21(27)15(3)33-22(28)17-5-4-10-25(17)34(29,30)16-6-7-18-19(13-16)32-12-11-31-18/h6-9,13-15,17H,4-5,10-12H2,1-3H3,(H,24,27). The third-order valence-electron chi connectivity index (χ3n) is 5.67. The van der Waals surface area contributed by atoms with Crippen molar-refractivity contribution in [2.45, 2.75) is 56.7 Å². The number of amides is 1. The maximum Gasteiger partial charge on any atom is 0.325 e. The van der Waals surface area contributed by atoms with Crippen LogP contribution in [0, 0.1) is 0 Å². The number of esters is 1. The van der Waals surface area contributed by atoms with Gasteiger partial charge < -0.3 is 19.5 Å². The SMILES string of the molecule is CC(OC(=O)C1CCCN1S(=O)(=O)c1ccc2c(c1)OCCO2)C(=O)Nc1ccnn1C(C)C. The summed E-state index contributed by atoms with van der Waals surface area (Å²) in [5, 5.41) is 6.84. The molecule has 2 aliphatic heterocycles. The first-order chi connectivity index (χ1) is 16.2. The Morgan fingerprint density at radius 3 is 2.62 bits per heavy atom. The van der Waals surface area contributed by atoms with Crippen molar-refractivity contribution in [1.82, 2.24) is 14.1 Å². The zero-order valence-corrected chi connectivity index (χ0v) is 20.1. The molecule has 0 spiro atoms. The van der Waals surface area contributed by atoms with Gasteiger partial charge in [-0.15, -0.1) is 0 Å². The zero-order valence-electron chi connectivity index (χ0n) is 19.3. The number of hydrogen-bond acceptors (Lipinski definition) is 8. The highest BCUT2D eigenvalue weighted by molar-refractivity contribution is 7.89. The Kier molecular flexibility index (Phi) is 6.80. The zero-order chi connectivity index (χ0) is 24.5. The van der Waals surface area contributed by atoms with E-state index >= 15 is 0 Å². The van der Waals surface area contributed by atoms with Gasteiger partial charge >= 0.3 is 5.97 Å². The Balaban J connectivity index is 1.44. The first kappa shape index (κ1) is 24.0. The maximum atomic E-state index is 13.3. The number of rotatable bonds is 7. The summed E-state index contributed by atoms with van der Waals surface area (Å²) >= 11 is 0. The number of ether oxygens (including phenoxy) is 3. The number of anilines is 1.